The van der Waals surface area contributed by atoms with Crippen LogP contribution >= 0.6 is 15.8 Å². The predicted molar refractivity (Wildman–Crippen MR) is 133 cm³/mol. The minimum absolute atomic E-state index is 0.218. The summed E-state index contributed by atoms with van der Waals surface area (Å²) in [5.74, 6) is 0. The molecule has 156 valence electrons. The quantitative estimate of drug-likeness (QED) is 0.116. The van der Waals surface area contributed by atoms with Gasteiger partial charge in [0.05, 0.1) is 0 Å². The third-order valence-electron chi connectivity index (χ3n) is 6.16. The molecule has 0 bridgehead atoms. The predicted octanol–water partition coefficient (Wildman–Crippen LogP) is 8.41. The first kappa shape index (κ1) is 26.9. The van der Waals surface area contributed by atoms with E-state index in [0.29, 0.717) is 4.80 Å². The standard InChI is InChI=1S/C23H51BP2/c1-6-11-15-19-25(20-16-12-7-2)23(24,10-5)26(21-17-13-8-3)22-18-14-9-4/h6-22,24H2,1-5H3. The molecule has 0 saturated carbocycles. The van der Waals surface area contributed by atoms with E-state index < -0.39 is 0 Å². The first-order valence-electron chi connectivity index (χ1n) is 12.1. The second-order valence-electron chi connectivity index (χ2n) is 8.37. The molecule has 0 rings (SSSR count). The molecule has 0 amide bonds. The summed E-state index contributed by atoms with van der Waals surface area (Å²) in [6.45, 7) is 12.0. The topological polar surface area (TPSA) is 0 Å². The molecule has 0 radical (unpaired) electrons. The van der Waals surface area contributed by atoms with Crippen LogP contribution in [-0.2, 0) is 0 Å². The Morgan fingerprint density at radius 3 is 0.962 bits per heavy atom. The van der Waals surface area contributed by atoms with Crippen molar-refractivity contribution in [3.05, 3.63) is 0 Å². The van der Waals surface area contributed by atoms with E-state index in [0.717, 1.165) is 0 Å². The van der Waals surface area contributed by atoms with Gasteiger partial charge in [0.15, 0.2) is 0 Å². The number of rotatable bonds is 19. The van der Waals surface area contributed by atoms with Crippen LogP contribution in [0.2, 0.25) is 0 Å². The normalized spacial score (nSPS) is 12.4. The minimum atomic E-state index is 0.218. The molecule has 0 saturated heterocycles. The van der Waals surface area contributed by atoms with Crippen molar-refractivity contribution in [3.63, 3.8) is 0 Å². The van der Waals surface area contributed by atoms with Crippen LogP contribution < -0.4 is 0 Å². The molecule has 0 atom stereocenters. The van der Waals surface area contributed by atoms with Crippen LogP contribution in [0.3, 0.4) is 0 Å². The lowest BCUT2D eigenvalue weighted by Gasteiger charge is -2.45. The van der Waals surface area contributed by atoms with Crippen molar-refractivity contribution in [2.45, 2.75) is 123 Å². The molecule has 0 aliphatic heterocycles. The van der Waals surface area contributed by atoms with E-state index in [1.165, 1.54) is 83.5 Å². The van der Waals surface area contributed by atoms with Gasteiger partial charge >= 0.3 is 0 Å². The SMILES string of the molecule is BC(CC)(P(CCCCC)CCCCC)P(CCCCC)CCCCC. The van der Waals surface area contributed by atoms with Gasteiger partial charge in [-0.3, -0.25) is 0 Å². The molecule has 0 aliphatic carbocycles. The summed E-state index contributed by atoms with van der Waals surface area (Å²) < 4.78 is 0. The highest BCUT2D eigenvalue weighted by atomic mass is 31.2. The lowest BCUT2D eigenvalue weighted by Crippen LogP contribution is -2.29. The monoisotopic (exact) mass is 400 g/mol. The third kappa shape index (κ3) is 11.1. The zero-order chi connectivity index (χ0) is 19.7. The van der Waals surface area contributed by atoms with Gasteiger partial charge in [0.2, 0.25) is 0 Å². The van der Waals surface area contributed by atoms with Crippen molar-refractivity contribution in [3.8, 4) is 0 Å². The molecule has 0 fully saturated rings. The second-order valence-corrected chi connectivity index (χ2v) is 14.6. The zero-order valence-electron chi connectivity index (χ0n) is 19.4. The van der Waals surface area contributed by atoms with E-state index in [1.807, 2.05) is 0 Å². The highest BCUT2D eigenvalue weighted by Gasteiger charge is 2.37. The van der Waals surface area contributed by atoms with Crippen LogP contribution in [0.1, 0.15) is 118 Å². The lowest BCUT2D eigenvalue weighted by atomic mass is 10.0. The van der Waals surface area contributed by atoms with E-state index in [2.05, 4.69) is 42.5 Å². The molecule has 0 aromatic carbocycles. The van der Waals surface area contributed by atoms with Crippen molar-refractivity contribution < 1.29 is 0 Å². The summed E-state index contributed by atoms with van der Waals surface area (Å²) in [5, 5.41) is 0. The Morgan fingerprint density at radius 1 is 0.500 bits per heavy atom. The van der Waals surface area contributed by atoms with Gasteiger partial charge in [-0.2, -0.15) is 0 Å². The summed E-state index contributed by atoms with van der Waals surface area (Å²) >= 11 is 0. The van der Waals surface area contributed by atoms with Crippen molar-refractivity contribution in [2.75, 3.05) is 24.6 Å². The largest absolute Gasteiger partial charge is 0.120 e. The van der Waals surface area contributed by atoms with Gasteiger partial charge in [-0.1, -0.05) is 92.4 Å². The summed E-state index contributed by atoms with van der Waals surface area (Å²) in [7, 11) is 3.19. The van der Waals surface area contributed by atoms with Gasteiger partial charge in [0.1, 0.15) is 7.85 Å². The molecule has 0 unspecified atom stereocenters. The van der Waals surface area contributed by atoms with Crippen LogP contribution in [0.4, 0.5) is 0 Å². The molecule has 0 aromatic rings. The average Bonchev–Trinajstić information content (AvgIpc) is 2.65. The Bertz CT molecular complexity index is 252. The van der Waals surface area contributed by atoms with E-state index in [-0.39, 0.29) is 15.8 Å². The summed E-state index contributed by atoms with van der Waals surface area (Å²) in [5.41, 5.74) is 0. The lowest BCUT2D eigenvalue weighted by molar-refractivity contribution is 0.748. The van der Waals surface area contributed by atoms with Crippen LogP contribution in [0.25, 0.3) is 0 Å². The van der Waals surface area contributed by atoms with Gasteiger partial charge in [0.25, 0.3) is 0 Å². The van der Waals surface area contributed by atoms with Gasteiger partial charge in [-0.15, -0.1) is 15.8 Å². The third-order valence-corrected chi connectivity index (χ3v) is 14.6. The van der Waals surface area contributed by atoms with E-state index in [4.69, 9.17) is 0 Å². The molecule has 0 spiro atoms. The first-order valence-corrected chi connectivity index (χ1v) is 15.5. The maximum absolute atomic E-state index is 2.75. The van der Waals surface area contributed by atoms with Crippen molar-refractivity contribution in [1.29, 1.82) is 0 Å². The maximum atomic E-state index is 2.75. The summed E-state index contributed by atoms with van der Waals surface area (Å²) in [6, 6.07) is 0. The molecule has 0 heterocycles. The van der Waals surface area contributed by atoms with Crippen molar-refractivity contribution in [2.24, 2.45) is 0 Å². The highest BCUT2D eigenvalue weighted by Crippen LogP contribution is 2.68. The van der Waals surface area contributed by atoms with Crippen LogP contribution in [0, 0.1) is 0 Å². The van der Waals surface area contributed by atoms with Gasteiger partial charge in [0, 0.05) is 0 Å². The Hall–Kier alpha value is 0.925. The van der Waals surface area contributed by atoms with Crippen LogP contribution in [0.15, 0.2) is 0 Å². The Kier molecular flexibility index (Phi) is 18.6. The van der Waals surface area contributed by atoms with Gasteiger partial charge in [-0.25, -0.2) is 0 Å². The van der Waals surface area contributed by atoms with Gasteiger partial charge in [-0.05, 0) is 55.1 Å². The van der Waals surface area contributed by atoms with Crippen molar-refractivity contribution in [1.82, 2.24) is 0 Å². The fourth-order valence-electron chi connectivity index (χ4n) is 4.04. The molecular weight excluding hydrogens is 349 g/mol. The molecular formula is C23H51BP2. The van der Waals surface area contributed by atoms with Crippen LogP contribution in [0.5, 0.6) is 0 Å². The molecule has 0 nitrogen and oxygen atoms in total. The maximum Gasteiger partial charge on any atom is 0.120 e. The van der Waals surface area contributed by atoms with E-state index >= 15 is 0 Å². The molecule has 0 aromatic heterocycles. The first-order chi connectivity index (χ1) is 12.6. The average molecular weight is 400 g/mol. The smallest absolute Gasteiger partial charge is 0.104 e. The highest BCUT2D eigenvalue weighted by molar-refractivity contribution is 7.79. The van der Waals surface area contributed by atoms with Crippen LogP contribution in [-0.4, -0.2) is 37.3 Å². The summed E-state index contributed by atoms with van der Waals surface area (Å²) in [6.07, 6.45) is 25.0. The minimum Gasteiger partial charge on any atom is -0.104 e. The number of hydrogen-bond acceptors (Lipinski definition) is 0. The van der Waals surface area contributed by atoms with E-state index in [1.54, 1.807) is 24.6 Å². The zero-order valence-corrected chi connectivity index (χ0v) is 21.2. The molecule has 0 N–H and O–H groups in total. The van der Waals surface area contributed by atoms with E-state index in [9.17, 15) is 0 Å². The number of unbranched alkanes of at least 4 members (excludes halogenated alkanes) is 8. The molecule has 0 aliphatic rings. The second kappa shape index (κ2) is 18.0. The summed E-state index contributed by atoms with van der Waals surface area (Å²) in [4.78, 5) is 0.702. The molecule has 3 heteroatoms. The fraction of sp³-hybridized carbons (Fsp3) is 1.00. The van der Waals surface area contributed by atoms with Gasteiger partial charge < -0.3 is 0 Å². The number of hydrogen-bond donors (Lipinski definition) is 0. The Morgan fingerprint density at radius 2 is 0.769 bits per heavy atom. The Balaban J connectivity index is 5.15. The van der Waals surface area contributed by atoms with Crippen molar-refractivity contribution >= 4 is 23.7 Å². The fourth-order valence-corrected chi connectivity index (χ4v) is 12.5. The molecule has 26 heavy (non-hydrogen) atoms. The Labute approximate surface area is 171 Å².